The molecular formula is C21H25FN2O4S. The van der Waals surface area contributed by atoms with Gasteiger partial charge in [-0.15, -0.1) is 0 Å². The third-order valence-corrected chi connectivity index (χ3v) is 7.01. The van der Waals surface area contributed by atoms with E-state index in [1.54, 1.807) is 6.07 Å². The Hall–Kier alpha value is -2.45. The molecule has 1 saturated heterocycles. The number of halogens is 1. The van der Waals surface area contributed by atoms with E-state index in [0.717, 1.165) is 30.5 Å². The van der Waals surface area contributed by atoms with Gasteiger partial charge in [0.25, 0.3) is 0 Å². The van der Waals surface area contributed by atoms with Crippen LogP contribution in [0, 0.1) is 12.7 Å². The topological polar surface area (TPSA) is 75.7 Å². The molecule has 0 aliphatic carbocycles. The van der Waals surface area contributed by atoms with Crippen LogP contribution in [0.25, 0.3) is 0 Å². The highest BCUT2D eigenvalue weighted by atomic mass is 32.2. The summed E-state index contributed by atoms with van der Waals surface area (Å²) in [5.74, 6) is -0.228. The lowest BCUT2D eigenvalue weighted by Gasteiger charge is -2.34. The second-order valence-corrected chi connectivity index (χ2v) is 9.07. The SMILES string of the molecule is COc1ccc(C)cc1NC(=O)CC1CCCCN1S(=O)(=O)c1ccc(F)cc1. The minimum atomic E-state index is -3.80. The number of carbonyl (C=O) groups is 1. The van der Waals surface area contributed by atoms with E-state index in [1.165, 1.54) is 23.5 Å². The summed E-state index contributed by atoms with van der Waals surface area (Å²) in [6.45, 7) is 2.25. The van der Waals surface area contributed by atoms with Crippen LogP contribution < -0.4 is 10.1 Å². The third-order valence-electron chi connectivity index (χ3n) is 5.04. The van der Waals surface area contributed by atoms with Crippen LogP contribution in [0.4, 0.5) is 10.1 Å². The Bertz CT molecular complexity index is 977. The lowest BCUT2D eigenvalue weighted by molar-refractivity contribution is -0.117. The summed E-state index contributed by atoms with van der Waals surface area (Å²) in [5.41, 5.74) is 1.53. The van der Waals surface area contributed by atoms with Crippen molar-refractivity contribution in [3.8, 4) is 5.75 Å². The molecular weight excluding hydrogens is 395 g/mol. The van der Waals surface area contributed by atoms with Crippen molar-refractivity contribution in [3.05, 3.63) is 53.8 Å². The monoisotopic (exact) mass is 420 g/mol. The Morgan fingerprint density at radius 2 is 1.93 bits per heavy atom. The predicted octanol–water partition coefficient (Wildman–Crippen LogP) is 3.71. The van der Waals surface area contributed by atoms with Crippen LogP contribution in [0.2, 0.25) is 0 Å². The number of ether oxygens (including phenoxy) is 1. The van der Waals surface area contributed by atoms with Crippen LogP contribution in [-0.4, -0.2) is 38.3 Å². The van der Waals surface area contributed by atoms with Gasteiger partial charge in [-0.2, -0.15) is 4.31 Å². The van der Waals surface area contributed by atoms with Gasteiger partial charge in [0, 0.05) is 19.0 Å². The van der Waals surface area contributed by atoms with Gasteiger partial charge in [0.05, 0.1) is 17.7 Å². The number of carbonyl (C=O) groups excluding carboxylic acids is 1. The summed E-state index contributed by atoms with van der Waals surface area (Å²) in [6.07, 6.45) is 2.21. The normalized spacial score (nSPS) is 17.7. The third kappa shape index (κ3) is 4.94. The van der Waals surface area contributed by atoms with E-state index in [1.807, 2.05) is 19.1 Å². The highest BCUT2D eigenvalue weighted by Crippen LogP contribution is 2.29. The van der Waals surface area contributed by atoms with Gasteiger partial charge in [-0.25, -0.2) is 12.8 Å². The van der Waals surface area contributed by atoms with Crippen LogP contribution in [0.5, 0.6) is 5.75 Å². The molecule has 1 fully saturated rings. The fraction of sp³-hybridized carbons (Fsp3) is 0.381. The maximum absolute atomic E-state index is 13.2. The number of hydrogen-bond acceptors (Lipinski definition) is 4. The molecule has 1 amide bonds. The van der Waals surface area contributed by atoms with Crippen LogP contribution in [0.15, 0.2) is 47.4 Å². The molecule has 0 aromatic heterocycles. The van der Waals surface area contributed by atoms with Crippen molar-refractivity contribution < 1.29 is 22.3 Å². The van der Waals surface area contributed by atoms with E-state index in [2.05, 4.69) is 5.32 Å². The molecule has 1 unspecified atom stereocenters. The number of benzene rings is 2. The number of amides is 1. The summed E-state index contributed by atoms with van der Waals surface area (Å²) in [5, 5.41) is 2.83. The highest BCUT2D eigenvalue weighted by Gasteiger charge is 2.34. The van der Waals surface area contributed by atoms with Crippen LogP contribution in [0.1, 0.15) is 31.2 Å². The molecule has 0 saturated carbocycles. The summed E-state index contributed by atoms with van der Waals surface area (Å²) < 4.78 is 45.9. The number of nitrogens with zero attached hydrogens (tertiary/aromatic N) is 1. The second kappa shape index (κ2) is 8.92. The van der Waals surface area contributed by atoms with E-state index in [0.29, 0.717) is 24.4 Å². The minimum absolute atomic E-state index is 0.0339. The van der Waals surface area contributed by atoms with Crippen molar-refractivity contribution in [2.24, 2.45) is 0 Å². The lowest BCUT2D eigenvalue weighted by Crippen LogP contribution is -2.45. The first-order chi connectivity index (χ1) is 13.8. The molecule has 1 atom stereocenters. The standard InChI is InChI=1S/C21H25FN2O4S/c1-15-6-11-20(28-2)19(13-15)23-21(25)14-17-5-3-4-12-24(17)29(26,27)18-9-7-16(22)8-10-18/h6-11,13,17H,3-5,12,14H2,1-2H3,(H,23,25). The lowest BCUT2D eigenvalue weighted by atomic mass is 10.0. The van der Waals surface area contributed by atoms with Gasteiger partial charge < -0.3 is 10.1 Å². The fourth-order valence-electron chi connectivity index (χ4n) is 3.57. The van der Waals surface area contributed by atoms with Crippen LogP contribution >= 0.6 is 0 Å². The zero-order valence-electron chi connectivity index (χ0n) is 16.5. The number of nitrogens with one attached hydrogen (secondary N) is 1. The quantitative estimate of drug-likeness (QED) is 0.773. The maximum Gasteiger partial charge on any atom is 0.243 e. The fourth-order valence-corrected chi connectivity index (χ4v) is 5.26. The zero-order chi connectivity index (χ0) is 21.0. The van der Waals surface area contributed by atoms with Gasteiger partial charge in [0.1, 0.15) is 11.6 Å². The molecule has 1 heterocycles. The van der Waals surface area contributed by atoms with Crippen LogP contribution in [-0.2, 0) is 14.8 Å². The molecule has 6 nitrogen and oxygen atoms in total. The van der Waals surface area contributed by atoms with Crippen LogP contribution in [0.3, 0.4) is 0 Å². The first-order valence-electron chi connectivity index (χ1n) is 9.53. The molecule has 29 heavy (non-hydrogen) atoms. The first-order valence-corrected chi connectivity index (χ1v) is 11.0. The van der Waals surface area contributed by atoms with Crippen molar-refractivity contribution in [1.29, 1.82) is 0 Å². The Balaban J connectivity index is 1.77. The molecule has 2 aromatic carbocycles. The van der Waals surface area contributed by atoms with Gasteiger partial charge >= 0.3 is 0 Å². The average Bonchev–Trinajstić information content (AvgIpc) is 2.69. The molecule has 2 aromatic rings. The number of anilines is 1. The number of aryl methyl sites for hydroxylation is 1. The molecule has 0 radical (unpaired) electrons. The highest BCUT2D eigenvalue weighted by molar-refractivity contribution is 7.89. The van der Waals surface area contributed by atoms with E-state index in [-0.39, 0.29) is 17.2 Å². The van der Waals surface area contributed by atoms with E-state index >= 15 is 0 Å². The Morgan fingerprint density at radius 1 is 1.21 bits per heavy atom. The van der Waals surface area contributed by atoms with Gasteiger partial charge in [-0.3, -0.25) is 4.79 Å². The second-order valence-electron chi connectivity index (χ2n) is 7.18. The molecule has 0 bridgehead atoms. The summed E-state index contributed by atoms with van der Waals surface area (Å²) in [4.78, 5) is 12.7. The predicted molar refractivity (Wildman–Crippen MR) is 109 cm³/mol. The number of piperidine rings is 1. The number of methoxy groups -OCH3 is 1. The smallest absolute Gasteiger partial charge is 0.243 e. The molecule has 1 aliphatic heterocycles. The molecule has 1 N–H and O–H groups in total. The molecule has 8 heteroatoms. The summed E-state index contributed by atoms with van der Waals surface area (Å²) in [7, 11) is -2.28. The minimum Gasteiger partial charge on any atom is -0.495 e. The number of hydrogen-bond donors (Lipinski definition) is 1. The first kappa shape index (κ1) is 21.3. The van der Waals surface area contributed by atoms with Crippen molar-refractivity contribution in [1.82, 2.24) is 4.31 Å². The number of sulfonamides is 1. The van der Waals surface area contributed by atoms with E-state index in [4.69, 9.17) is 4.74 Å². The summed E-state index contributed by atoms with van der Waals surface area (Å²) in [6, 6.07) is 9.79. The summed E-state index contributed by atoms with van der Waals surface area (Å²) >= 11 is 0. The van der Waals surface area contributed by atoms with Gasteiger partial charge in [0.2, 0.25) is 15.9 Å². The molecule has 3 rings (SSSR count). The molecule has 0 spiro atoms. The van der Waals surface area contributed by atoms with Crippen molar-refractivity contribution in [2.45, 2.75) is 43.5 Å². The van der Waals surface area contributed by atoms with Gasteiger partial charge in [0.15, 0.2) is 0 Å². The number of rotatable bonds is 6. The molecule has 156 valence electrons. The molecule has 1 aliphatic rings. The van der Waals surface area contributed by atoms with Crippen molar-refractivity contribution in [2.75, 3.05) is 19.0 Å². The Kier molecular flexibility index (Phi) is 6.54. The van der Waals surface area contributed by atoms with Crippen molar-refractivity contribution in [3.63, 3.8) is 0 Å². The zero-order valence-corrected chi connectivity index (χ0v) is 17.3. The average molecular weight is 421 g/mol. The maximum atomic E-state index is 13.2. The van der Waals surface area contributed by atoms with E-state index < -0.39 is 21.9 Å². The Morgan fingerprint density at radius 3 is 2.62 bits per heavy atom. The van der Waals surface area contributed by atoms with Crippen molar-refractivity contribution >= 4 is 21.6 Å². The van der Waals surface area contributed by atoms with E-state index in [9.17, 15) is 17.6 Å². The Labute approximate surface area is 170 Å². The van der Waals surface area contributed by atoms with Gasteiger partial charge in [-0.05, 0) is 61.7 Å². The largest absolute Gasteiger partial charge is 0.495 e. The van der Waals surface area contributed by atoms with Gasteiger partial charge in [-0.1, -0.05) is 12.5 Å².